The van der Waals surface area contributed by atoms with Crippen molar-refractivity contribution in [3.63, 3.8) is 0 Å². The predicted octanol–water partition coefficient (Wildman–Crippen LogP) is 3.65. The lowest BCUT2D eigenvalue weighted by Gasteiger charge is -2.11. The Labute approximate surface area is 116 Å². The summed E-state index contributed by atoms with van der Waals surface area (Å²) in [5.41, 5.74) is 0.796. The van der Waals surface area contributed by atoms with Gasteiger partial charge in [0.1, 0.15) is 5.75 Å². The number of benzene rings is 1. The molecule has 2 rings (SSSR count). The summed E-state index contributed by atoms with van der Waals surface area (Å²) in [5, 5.41) is 3.22. The number of halogens is 2. The maximum atomic E-state index is 13.6. The maximum absolute atomic E-state index is 13.6. The van der Waals surface area contributed by atoms with Crippen molar-refractivity contribution in [3.8, 4) is 11.5 Å². The highest BCUT2D eigenvalue weighted by Crippen LogP contribution is 2.27. The van der Waals surface area contributed by atoms with Crippen LogP contribution in [-0.4, -0.2) is 11.5 Å². The Morgan fingerprint density at radius 1 is 1.20 bits per heavy atom. The SMILES string of the molecule is CCCNCc1cnccc1Oc1cccc(F)c1F. The third kappa shape index (κ3) is 3.51. The first-order chi connectivity index (χ1) is 9.72. The molecule has 1 heterocycles. The minimum absolute atomic E-state index is 0.132. The van der Waals surface area contributed by atoms with Crippen molar-refractivity contribution < 1.29 is 13.5 Å². The van der Waals surface area contributed by atoms with Crippen molar-refractivity contribution >= 4 is 0 Å². The van der Waals surface area contributed by atoms with Gasteiger partial charge in [-0.3, -0.25) is 4.98 Å². The first-order valence-electron chi connectivity index (χ1n) is 6.48. The average molecular weight is 278 g/mol. The highest BCUT2D eigenvalue weighted by molar-refractivity contribution is 5.36. The van der Waals surface area contributed by atoms with Crippen molar-refractivity contribution in [1.82, 2.24) is 10.3 Å². The number of hydrogen-bond donors (Lipinski definition) is 1. The van der Waals surface area contributed by atoms with E-state index in [-0.39, 0.29) is 5.75 Å². The summed E-state index contributed by atoms with van der Waals surface area (Å²) in [7, 11) is 0. The Morgan fingerprint density at radius 3 is 2.85 bits per heavy atom. The molecule has 0 unspecified atom stereocenters. The molecule has 3 nitrogen and oxygen atoms in total. The number of nitrogens with zero attached hydrogens (tertiary/aromatic N) is 1. The smallest absolute Gasteiger partial charge is 0.201 e. The largest absolute Gasteiger partial charge is 0.454 e. The summed E-state index contributed by atoms with van der Waals surface area (Å²) in [6.07, 6.45) is 4.21. The first kappa shape index (κ1) is 14.4. The summed E-state index contributed by atoms with van der Waals surface area (Å²) in [6, 6.07) is 5.48. The number of rotatable bonds is 6. The number of ether oxygens (including phenoxy) is 1. The Morgan fingerprint density at radius 2 is 2.05 bits per heavy atom. The summed E-state index contributed by atoms with van der Waals surface area (Å²) in [4.78, 5) is 4.02. The topological polar surface area (TPSA) is 34.2 Å². The summed E-state index contributed by atoms with van der Waals surface area (Å²) >= 11 is 0. The molecule has 0 saturated carbocycles. The molecule has 0 bridgehead atoms. The molecule has 106 valence electrons. The molecule has 0 fully saturated rings. The van der Waals surface area contributed by atoms with Gasteiger partial charge in [-0.2, -0.15) is 4.39 Å². The fourth-order valence-corrected chi connectivity index (χ4v) is 1.73. The molecule has 0 saturated heterocycles. The van der Waals surface area contributed by atoms with E-state index < -0.39 is 11.6 Å². The fraction of sp³-hybridized carbons (Fsp3) is 0.267. The van der Waals surface area contributed by atoms with Gasteiger partial charge in [-0.25, -0.2) is 4.39 Å². The van der Waals surface area contributed by atoms with E-state index in [1.54, 1.807) is 18.5 Å². The predicted molar refractivity (Wildman–Crippen MR) is 72.7 cm³/mol. The van der Waals surface area contributed by atoms with Gasteiger partial charge in [0, 0.05) is 24.5 Å². The molecule has 0 amide bonds. The molecule has 2 aromatic rings. The molecule has 5 heteroatoms. The van der Waals surface area contributed by atoms with E-state index >= 15 is 0 Å². The zero-order valence-electron chi connectivity index (χ0n) is 11.2. The molecule has 0 radical (unpaired) electrons. The monoisotopic (exact) mass is 278 g/mol. The van der Waals surface area contributed by atoms with E-state index in [1.165, 1.54) is 12.1 Å². The quantitative estimate of drug-likeness (QED) is 0.819. The van der Waals surface area contributed by atoms with Gasteiger partial charge in [0.25, 0.3) is 0 Å². The van der Waals surface area contributed by atoms with Crippen LogP contribution in [0.5, 0.6) is 11.5 Å². The lowest BCUT2D eigenvalue weighted by molar-refractivity contribution is 0.411. The van der Waals surface area contributed by atoms with Gasteiger partial charge in [0.2, 0.25) is 5.82 Å². The molecule has 0 aliphatic heterocycles. The van der Waals surface area contributed by atoms with Crippen molar-refractivity contribution in [2.75, 3.05) is 6.54 Å². The standard InChI is InChI=1S/C15H16F2N2O/c1-2-7-18-9-11-10-19-8-6-13(11)20-14-5-3-4-12(16)15(14)17/h3-6,8,10,18H,2,7,9H2,1H3. The lowest BCUT2D eigenvalue weighted by atomic mass is 10.2. The number of nitrogens with one attached hydrogen (secondary N) is 1. The second-order valence-corrected chi connectivity index (χ2v) is 4.31. The third-order valence-electron chi connectivity index (χ3n) is 2.74. The van der Waals surface area contributed by atoms with Gasteiger partial charge in [-0.15, -0.1) is 0 Å². The zero-order valence-corrected chi connectivity index (χ0v) is 11.2. The highest BCUT2D eigenvalue weighted by atomic mass is 19.2. The number of aromatic nitrogens is 1. The van der Waals surface area contributed by atoms with Crippen LogP contribution in [0, 0.1) is 11.6 Å². The van der Waals surface area contributed by atoms with Crippen LogP contribution in [0.3, 0.4) is 0 Å². The van der Waals surface area contributed by atoms with Crippen LogP contribution >= 0.6 is 0 Å². The molecule has 0 atom stereocenters. The summed E-state index contributed by atoms with van der Waals surface area (Å²) < 4.78 is 32.2. The van der Waals surface area contributed by atoms with Gasteiger partial charge in [0.15, 0.2) is 11.6 Å². The van der Waals surface area contributed by atoms with Gasteiger partial charge in [-0.1, -0.05) is 13.0 Å². The second-order valence-electron chi connectivity index (χ2n) is 4.31. The lowest BCUT2D eigenvalue weighted by Crippen LogP contribution is -2.14. The Balaban J connectivity index is 2.18. The maximum Gasteiger partial charge on any atom is 0.201 e. The van der Waals surface area contributed by atoms with E-state index in [0.29, 0.717) is 12.3 Å². The van der Waals surface area contributed by atoms with Crippen LogP contribution in [0.2, 0.25) is 0 Å². The Bertz CT molecular complexity index is 576. The fourth-order valence-electron chi connectivity index (χ4n) is 1.73. The van der Waals surface area contributed by atoms with Gasteiger partial charge in [-0.05, 0) is 31.2 Å². The first-order valence-corrected chi connectivity index (χ1v) is 6.48. The van der Waals surface area contributed by atoms with Crippen molar-refractivity contribution in [2.24, 2.45) is 0 Å². The molecular weight excluding hydrogens is 262 g/mol. The minimum Gasteiger partial charge on any atom is -0.454 e. The molecule has 0 aliphatic rings. The molecule has 1 aromatic heterocycles. The molecular formula is C15H16F2N2O. The Kier molecular flexibility index (Phi) is 5.01. The van der Waals surface area contributed by atoms with Crippen LogP contribution in [0.25, 0.3) is 0 Å². The molecule has 1 N–H and O–H groups in total. The van der Waals surface area contributed by atoms with Crippen LogP contribution in [0.15, 0.2) is 36.7 Å². The van der Waals surface area contributed by atoms with Gasteiger partial charge in [0.05, 0.1) is 0 Å². The van der Waals surface area contributed by atoms with Gasteiger partial charge >= 0.3 is 0 Å². The van der Waals surface area contributed by atoms with Crippen molar-refractivity contribution in [3.05, 3.63) is 53.9 Å². The van der Waals surface area contributed by atoms with Crippen LogP contribution in [0.4, 0.5) is 8.78 Å². The van der Waals surface area contributed by atoms with Crippen molar-refractivity contribution in [1.29, 1.82) is 0 Å². The molecule has 0 aliphatic carbocycles. The molecule has 20 heavy (non-hydrogen) atoms. The summed E-state index contributed by atoms with van der Waals surface area (Å²) in [6.45, 7) is 3.49. The van der Waals surface area contributed by atoms with E-state index in [0.717, 1.165) is 24.6 Å². The van der Waals surface area contributed by atoms with E-state index in [2.05, 4.69) is 17.2 Å². The average Bonchev–Trinajstić information content (AvgIpc) is 2.46. The summed E-state index contributed by atoms with van der Waals surface area (Å²) in [5.74, 6) is -1.58. The normalized spacial score (nSPS) is 10.6. The number of hydrogen-bond acceptors (Lipinski definition) is 3. The zero-order chi connectivity index (χ0) is 14.4. The molecule has 0 spiro atoms. The third-order valence-corrected chi connectivity index (χ3v) is 2.74. The van der Waals surface area contributed by atoms with Crippen LogP contribution in [0.1, 0.15) is 18.9 Å². The second kappa shape index (κ2) is 6.96. The molecule has 1 aromatic carbocycles. The Hall–Kier alpha value is -2.01. The van der Waals surface area contributed by atoms with E-state index in [1.807, 2.05) is 0 Å². The highest BCUT2D eigenvalue weighted by Gasteiger charge is 2.11. The van der Waals surface area contributed by atoms with E-state index in [9.17, 15) is 8.78 Å². The van der Waals surface area contributed by atoms with Crippen molar-refractivity contribution in [2.45, 2.75) is 19.9 Å². The number of pyridine rings is 1. The van der Waals surface area contributed by atoms with Gasteiger partial charge < -0.3 is 10.1 Å². The van der Waals surface area contributed by atoms with Crippen LogP contribution < -0.4 is 10.1 Å². The minimum atomic E-state index is -0.989. The van der Waals surface area contributed by atoms with E-state index in [4.69, 9.17) is 4.74 Å². The van der Waals surface area contributed by atoms with Crippen LogP contribution in [-0.2, 0) is 6.54 Å².